The molecule has 1 aromatic heterocycles. The Labute approximate surface area is 185 Å². The van der Waals surface area contributed by atoms with Gasteiger partial charge in [-0.1, -0.05) is 29.8 Å². The van der Waals surface area contributed by atoms with E-state index in [4.69, 9.17) is 9.15 Å². The molecule has 0 spiro atoms. The lowest BCUT2D eigenvalue weighted by Crippen LogP contribution is -2.23. The number of benzene rings is 3. The van der Waals surface area contributed by atoms with Crippen molar-refractivity contribution in [3.05, 3.63) is 95.6 Å². The third-order valence-electron chi connectivity index (χ3n) is 4.79. The molecular formula is C25H22FN3O3. The molecule has 162 valence electrons. The summed E-state index contributed by atoms with van der Waals surface area (Å²) >= 11 is 0. The van der Waals surface area contributed by atoms with Crippen LogP contribution in [0.4, 0.5) is 4.39 Å². The van der Waals surface area contributed by atoms with Gasteiger partial charge in [0.25, 0.3) is 0 Å². The molecule has 1 N–H and O–H groups in total. The fourth-order valence-corrected chi connectivity index (χ4v) is 2.99. The summed E-state index contributed by atoms with van der Waals surface area (Å²) in [6.07, 6.45) is 0.621. The van der Waals surface area contributed by atoms with E-state index in [-0.39, 0.29) is 18.1 Å². The third-order valence-corrected chi connectivity index (χ3v) is 4.79. The second-order valence-corrected chi connectivity index (χ2v) is 7.34. The maximum Gasteiger partial charge on any atom is 0.247 e. The van der Waals surface area contributed by atoms with Gasteiger partial charge in [-0.3, -0.25) is 4.79 Å². The monoisotopic (exact) mass is 431 g/mol. The summed E-state index contributed by atoms with van der Waals surface area (Å²) in [5.74, 6) is 1.65. The van der Waals surface area contributed by atoms with Crippen LogP contribution in [0.15, 0.2) is 77.2 Å². The van der Waals surface area contributed by atoms with Gasteiger partial charge in [-0.05, 0) is 61.0 Å². The zero-order valence-electron chi connectivity index (χ0n) is 17.5. The number of nitrogens with zero attached hydrogens (tertiary/aromatic N) is 2. The van der Waals surface area contributed by atoms with Gasteiger partial charge in [0.1, 0.15) is 17.3 Å². The van der Waals surface area contributed by atoms with Crippen LogP contribution in [0.2, 0.25) is 0 Å². The van der Waals surface area contributed by atoms with Crippen LogP contribution in [0.3, 0.4) is 0 Å². The maximum atomic E-state index is 13.0. The second kappa shape index (κ2) is 9.87. The van der Waals surface area contributed by atoms with Crippen LogP contribution in [0.5, 0.6) is 11.5 Å². The molecule has 7 heteroatoms. The average molecular weight is 431 g/mol. The van der Waals surface area contributed by atoms with Gasteiger partial charge in [-0.15, -0.1) is 10.2 Å². The molecule has 0 aliphatic heterocycles. The number of ether oxygens (including phenoxy) is 1. The molecule has 4 aromatic rings. The number of aromatic nitrogens is 2. The Balaban J connectivity index is 1.23. The minimum absolute atomic E-state index is 0.105. The Kier molecular flexibility index (Phi) is 6.55. The average Bonchev–Trinajstić information content (AvgIpc) is 3.28. The summed E-state index contributed by atoms with van der Waals surface area (Å²) in [5, 5.41) is 11.0. The second-order valence-electron chi connectivity index (χ2n) is 7.34. The third kappa shape index (κ3) is 5.78. The van der Waals surface area contributed by atoms with Crippen LogP contribution in [0, 0.1) is 12.7 Å². The van der Waals surface area contributed by atoms with Crippen molar-refractivity contribution in [1.82, 2.24) is 15.5 Å². The molecule has 4 rings (SSSR count). The number of amides is 1. The first-order valence-corrected chi connectivity index (χ1v) is 10.2. The molecule has 0 atom stereocenters. The molecule has 0 bridgehead atoms. The summed E-state index contributed by atoms with van der Waals surface area (Å²) in [6.45, 7) is 2.41. The predicted molar refractivity (Wildman–Crippen MR) is 118 cm³/mol. The van der Waals surface area contributed by atoms with E-state index in [0.717, 1.165) is 16.7 Å². The molecule has 0 radical (unpaired) electrons. The number of aryl methyl sites for hydroxylation is 2. The Morgan fingerprint density at radius 3 is 2.28 bits per heavy atom. The van der Waals surface area contributed by atoms with Gasteiger partial charge in [-0.2, -0.15) is 0 Å². The largest absolute Gasteiger partial charge is 0.457 e. The number of hydrogen-bond acceptors (Lipinski definition) is 5. The molecule has 0 unspecified atom stereocenters. The molecule has 0 aliphatic rings. The lowest BCUT2D eigenvalue weighted by molar-refractivity contribution is -0.121. The van der Waals surface area contributed by atoms with Crippen molar-refractivity contribution in [3.8, 4) is 23.0 Å². The Bertz CT molecular complexity index is 1170. The molecular weight excluding hydrogens is 409 g/mol. The van der Waals surface area contributed by atoms with Crippen molar-refractivity contribution in [3.63, 3.8) is 0 Å². The number of rotatable bonds is 8. The van der Waals surface area contributed by atoms with Crippen molar-refractivity contribution in [2.24, 2.45) is 0 Å². The molecule has 1 amide bonds. The molecule has 32 heavy (non-hydrogen) atoms. The Morgan fingerprint density at radius 2 is 1.59 bits per heavy atom. The van der Waals surface area contributed by atoms with Crippen LogP contribution in [0.25, 0.3) is 11.5 Å². The van der Waals surface area contributed by atoms with Crippen LogP contribution in [-0.2, 0) is 17.8 Å². The smallest absolute Gasteiger partial charge is 0.247 e. The van der Waals surface area contributed by atoms with Crippen molar-refractivity contribution in [2.75, 3.05) is 0 Å². The van der Waals surface area contributed by atoms with Crippen LogP contribution >= 0.6 is 0 Å². The standard InChI is InChI=1S/C25H22FN3O3/c1-17-2-6-19(7-3-17)25-29-28-24(32-25)15-14-23(30)27-16-18-4-10-21(11-5-18)31-22-12-8-20(26)9-13-22/h2-13H,14-16H2,1H3,(H,27,30). The predicted octanol–water partition coefficient (Wildman–Crippen LogP) is 5.23. The first-order chi connectivity index (χ1) is 15.5. The first kappa shape index (κ1) is 21.2. The van der Waals surface area contributed by atoms with Crippen LogP contribution in [-0.4, -0.2) is 16.1 Å². The summed E-state index contributed by atoms with van der Waals surface area (Å²) in [6, 6.07) is 21.0. The van der Waals surface area contributed by atoms with Crippen molar-refractivity contribution in [2.45, 2.75) is 26.3 Å². The van der Waals surface area contributed by atoms with E-state index in [2.05, 4.69) is 15.5 Å². The number of nitrogens with one attached hydrogen (secondary N) is 1. The fraction of sp³-hybridized carbons (Fsp3) is 0.160. The van der Waals surface area contributed by atoms with E-state index in [9.17, 15) is 9.18 Å². The molecule has 0 aliphatic carbocycles. The van der Waals surface area contributed by atoms with E-state index < -0.39 is 0 Å². The Hall–Kier alpha value is -4.00. The quantitative estimate of drug-likeness (QED) is 0.414. The highest BCUT2D eigenvalue weighted by Gasteiger charge is 2.10. The zero-order valence-corrected chi connectivity index (χ0v) is 17.5. The maximum absolute atomic E-state index is 13.0. The van der Waals surface area contributed by atoms with E-state index >= 15 is 0 Å². The summed E-state index contributed by atoms with van der Waals surface area (Å²) in [7, 11) is 0. The first-order valence-electron chi connectivity index (χ1n) is 10.2. The van der Waals surface area contributed by atoms with Gasteiger partial charge < -0.3 is 14.5 Å². The summed E-state index contributed by atoms with van der Waals surface area (Å²) in [4.78, 5) is 12.2. The van der Waals surface area contributed by atoms with Crippen molar-refractivity contribution in [1.29, 1.82) is 0 Å². The molecule has 6 nitrogen and oxygen atoms in total. The van der Waals surface area contributed by atoms with E-state index in [1.165, 1.54) is 12.1 Å². The molecule has 3 aromatic carbocycles. The highest BCUT2D eigenvalue weighted by molar-refractivity contribution is 5.76. The van der Waals surface area contributed by atoms with Gasteiger partial charge in [0.05, 0.1) is 0 Å². The van der Waals surface area contributed by atoms with E-state index in [1.807, 2.05) is 43.3 Å². The van der Waals surface area contributed by atoms with Crippen molar-refractivity contribution >= 4 is 5.91 Å². The topological polar surface area (TPSA) is 77.2 Å². The zero-order chi connectivity index (χ0) is 22.3. The minimum Gasteiger partial charge on any atom is -0.457 e. The molecule has 0 saturated heterocycles. The van der Waals surface area contributed by atoms with Gasteiger partial charge in [0.2, 0.25) is 17.7 Å². The summed E-state index contributed by atoms with van der Waals surface area (Å²) < 4.78 is 24.3. The van der Waals surface area contributed by atoms with Gasteiger partial charge >= 0.3 is 0 Å². The lowest BCUT2D eigenvalue weighted by atomic mass is 10.1. The highest BCUT2D eigenvalue weighted by Crippen LogP contribution is 2.22. The number of halogens is 1. The van der Waals surface area contributed by atoms with Gasteiger partial charge in [0, 0.05) is 24.9 Å². The normalized spacial score (nSPS) is 10.7. The number of carbonyl (C=O) groups excluding carboxylic acids is 1. The highest BCUT2D eigenvalue weighted by atomic mass is 19.1. The minimum atomic E-state index is -0.311. The summed E-state index contributed by atoms with van der Waals surface area (Å²) in [5.41, 5.74) is 2.94. The van der Waals surface area contributed by atoms with Crippen molar-refractivity contribution < 1.29 is 18.3 Å². The van der Waals surface area contributed by atoms with Gasteiger partial charge in [-0.25, -0.2) is 4.39 Å². The fourth-order valence-electron chi connectivity index (χ4n) is 2.99. The lowest BCUT2D eigenvalue weighted by Gasteiger charge is -2.08. The molecule has 0 saturated carbocycles. The van der Waals surface area contributed by atoms with Gasteiger partial charge in [0.15, 0.2) is 0 Å². The molecule has 1 heterocycles. The Morgan fingerprint density at radius 1 is 0.938 bits per heavy atom. The number of hydrogen-bond donors (Lipinski definition) is 1. The van der Waals surface area contributed by atoms with Crippen LogP contribution in [0.1, 0.15) is 23.4 Å². The van der Waals surface area contributed by atoms with E-state index in [0.29, 0.717) is 36.2 Å². The SMILES string of the molecule is Cc1ccc(-c2nnc(CCC(=O)NCc3ccc(Oc4ccc(F)cc4)cc3)o2)cc1. The molecule has 0 fully saturated rings. The van der Waals surface area contributed by atoms with E-state index in [1.54, 1.807) is 24.3 Å². The van der Waals surface area contributed by atoms with Crippen LogP contribution < -0.4 is 10.1 Å². The number of carbonyl (C=O) groups is 1.